The fourth-order valence-corrected chi connectivity index (χ4v) is 3.40. The van der Waals surface area contributed by atoms with Crippen molar-refractivity contribution in [2.75, 3.05) is 17.7 Å². The lowest BCUT2D eigenvalue weighted by Gasteiger charge is -2.15. The molecule has 4 rings (SSSR count). The Balaban J connectivity index is 1.57. The van der Waals surface area contributed by atoms with Crippen molar-refractivity contribution < 1.29 is 19.1 Å². The topological polar surface area (TPSA) is 137 Å². The van der Waals surface area contributed by atoms with Crippen molar-refractivity contribution in [1.29, 1.82) is 0 Å². The summed E-state index contributed by atoms with van der Waals surface area (Å²) in [6, 6.07) is 13.4. The van der Waals surface area contributed by atoms with E-state index in [0.717, 1.165) is 0 Å². The molecule has 0 fully saturated rings. The van der Waals surface area contributed by atoms with Gasteiger partial charge < -0.3 is 20.1 Å². The molecule has 0 radical (unpaired) electrons. The number of methoxy groups -OCH3 is 1. The number of hydrogen-bond donors (Lipinski definition) is 2. The zero-order valence-corrected chi connectivity index (χ0v) is 21.2. The Kier molecular flexibility index (Phi) is 8.29. The number of benzene rings is 1. The maximum Gasteiger partial charge on any atom is 0.356 e. The van der Waals surface area contributed by atoms with Gasteiger partial charge in [0.15, 0.2) is 5.69 Å². The Hall–Kier alpha value is -4.77. The maximum absolute atomic E-state index is 13.2. The number of esters is 1. The van der Waals surface area contributed by atoms with E-state index in [4.69, 9.17) is 16.3 Å². The molecular weight excluding hydrogens is 512 g/mol. The summed E-state index contributed by atoms with van der Waals surface area (Å²) in [4.78, 5) is 49.4. The maximum atomic E-state index is 13.2. The second-order valence-electron chi connectivity index (χ2n) is 7.88. The highest BCUT2D eigenvalue weighted by Crippen LogP contribution is 2.25. The first-order valence-electron chi connectivity index (χ1n) is 11.5. The van der Waals surface area contributed by atoms with Crippen LogP contribution in [0.2, 0.25) is 5.02 Å². The number of amides is 1. The van der Waals surface area contributed by atoms with E-state index in [9.17, 15) is 14.4 Å². The monoisotopic (exact) mass is 534 g/mol. The number of carbonyl (C=O) groups excluding carboxylic acids is 2. The zero-order valence-electron chi connectivity index (χ0n) is 20.5. The number of nitrogens with one attached hydrogen (secondary N) is 2. The minimum absolute atomic E-state index is 0.0591. The third kappa shape index (κ3) is 6.51. The summed E-state index contributed by atoms with van der Waals surface area (Å²) >= 11 is 5.94. The molecule has 0 aliphatic carbocycles. The number of carbonyl (C=O) groups is 2. The molecule has 0 spiro atoms. The molecule has 0 unspecified atom stereocenters. The van der Waals surface area contributed by atoms with Gasteiger partial charge in [-0.05, 0) is 42.5 Å². The molecule has 3 aromatic heterocycles. The van der Waals surface area contributed by atoms with Gasteiger partial charge in [0.25, 0.3) is 5.56 Å². The summed E-state index contributed by atoms with van der Waals surface area (Å²) in [5, 5.41) is 6.17. The van der Waals surface area contributed by atoms with Crippen LogP contribution in [0.25, 0.3) is 0 Å². The summed E-state index contributed by atoms with van der Waals surface area (Å²) in [5.74, 6) is 0.293. The molecule has 1 aromatic carbocycles. The predicted molar refractivity (Wildman–Crippen MR) is 141 cm³/mol. The lowest BCUT2D eigenvalue weighted by molar-refractivity contribution is -0.115. The number of ether oxygens (including phenoxy) is 2. The van der Waals surface area contributed by atoms with Gasteiger partial charge in [0, 0.05) is 30.6 Å². The first kappa shape index (κ1) is 26.3. The fraction of sp³-hybridized carbons (Fsp3) is 0.154. The van der Waals surface area contributed by atoms with Crippen LogP contribution in [0.3, 0.4) is 0 Å². The summed E-state index contributed by atoms with van der Waals surface area (Å²) in [6.07, 6.45) is 4.46. The van der Waals surface area contributed by atoms with Crippen LogP contribution < -0.4 is 20.9 Å². The van der Waals surface area contributed by atoms with Crippen LogP contribution >= 0.6 is 11.6 Å². The van der Waals surface area contributed by atoms with Crippen molar-refractivity contribution in [3.8, 4) is 11.5 Å². The molecular formula is C26H23ClN6O5. The van der Waals surface area contributed by atoms with Crippen LogP contribution in [0.5, 0.6) is 11.5 Å². The molecule has 0 atom stereocenters. The smallest absolute Gasteiger partial charge is 0.356 e. The van der Waals surface area contributed by atoms with Gasteiger partial charge in [-0.2, -0.15) is 0 Å². The van der Waals surface area contributed by atoms with E-state index in [0.29, 0.717) is 27.9 Å². The molecule has 38 heavy (non-hydrogen) atoms. The molecule has 0 aliphatic rings. The number of halogens is 1. The molecule has 0 saturated carbocycles. The second-order valence-corrected chi connectivity index (χ2v) is 8.31. The summed E-state index contributed by atoms with van der Waals surface area (Å²) in [6.45, 7) is 1.78. The molecule has 194 valence electrons. The number of aromatic nitrogens is 4. The number of anilines is 3. The van der Waals surface area contributed by atoms with Crippen LogP contribution in [-0.4, -0.2) is 38.5 Å². The predicted octanol–water partition coefficient (Wildman–Crippen LogP) is 4.41. The number of hydrogen-bond acceptors (Lipinski definition) is 9. The van der Waals surface area contributed by atoms with E-state index in [1.165, 1.54) is 36.3 Å². The van der Waals surface area contributed by atoms with E-state index >= 15 is 0 Å². The third-order valence-corrected chi connectivity index (χ3v) is 5.45. The Morgan fingerprint density at radius 1 is 1.00 bits per heavy atom. The van der Waals surface area contributed by atoms with Crippen LogP contribution in [-0.2, 0) is 16.1 Å². The molecule has 0 saturated heterocycles. The van der Waals surface area contributed by atoms with E-state index in [1.807, 2.05) is 0 Å². The largest absolute Gasteiger partial charge is 0.464 e. The van der Waals surface area contributed by atoms with Gasteiger partial charge >= 0.3 is 5.97 Å². The van der Waals surface area contributed by atoms with Gasteiger partial charge in [-0.15, -0.1) is 0 Å². The zero-order chi connectivity index (χ0) is 27.1. The normalized spacial score (nSPS) is 10.5. The van der Waals surface area contributed by atoms with Crippen molar-refractivity contribution in [3.63, 3.8) is 0 Å². The molecule has 1 amide bonds. The van der Waals surface area contributed by atoms with Crippen LogP contribution in [0.4, 0.5) is 17.3 Å². The lowest BCUT2D eigenvalue weighted by atomic mass is 10.3. The number of pyridine rings is 2. The van der Waals surface area contributed by atoms with E-state index in [2.05, 4.69) is 30.3 Å². The highest BCUT2D eigenvalue weighted by molar-refractivity contribution is 6.30. The molecule has 2 N–H and O–H groups in total. The van der Waals surface area contributed by atoms with Crippen LogP contribution in [0, 0.1) is 0 Å². The van der Waals surface area contributed by atoms with Gasteiger partial charge in [0.05, 0.1) is 30.6 Å². The Morgan fingerprint density at radius 2 is 1.79 bits per heavy atom. The van der Waals surface area contributed by atoms with Gasteiger partial charge in [-0.3, -0.25) is 19.1 Å². The molecule has 0 aliphatic heterocycles. The molecule has 3 heterocycles. The van der Waals surface area contributed by atoms with Gasteiger partial charge in [0.1, 0.15) is 17.2 Å². The summed E-state index contributed by atoms with van der Waals surface area (Å²) < 4.78 is 11.9. The molecule has 0 bridgehead atoms. The highest BCUT2D eigenvalue weighted by atomic mass is 35.5. The van der Waals surface area contributed by atoms with Crippen molar-refractivity contribution in [1.82, 2.24) is 19.5 Å². The Morgan fingerprint density at radius 3 is 2.47 bits per heavy atom. The van der Waals surface area contributed by atoms with Crippen LogP contribution in [0.15, 0.2) is 71.9 Å². The minimum atomic E-state index is -0.567. The van der Waals surface area contributed by atoms with Crippen molar-refractivity contribution >= 4 is 40.8 Å². The number of nitrogens with zero attached hydrogens (tertiary/aromatic N) is 4. The fourth-order valence-electron chi connectivity index (χ4n) is 3.29. The standard InChI is InChI=1S/C26H23ClN6O5/c1-3-23(34)32-22-14-30-26(33(24(22)35)15-18-5-4-16(27)13-29-18)31-17-6-8-19(9-7-17)38-20-10-11-28-21(12-20)25(36)37-2/h4-14H,3,15H2,1-2H3,(H,30,31)(H,32,34). The first-order chi connectivity index (χ1) is 18.4. The average molecular weight is 535 g/mol. The average Bonchev–Trinajstić information content (AvgIpc) is 2.94. The SMILES string of the molecule is CCC(=O)Nc1cnc(Nc2ccc(Oc3ccnc(C(=O)OC)c3)cc2)n(Cc2ccc(Cl)cn2)c1=O. The number of rotatable bonds is 9. The van der Waals surface area contributed by atoms with E-state index in [1.54, 1.807) is 49.4 Å². The Bertz CT molecular complexity index is 1510. The van der Waals surface area contributed by atoms with Gasteiger partial charge in [-0.1, -0.05) is 18.5 Å². The highest BCUT2D eigenvalue weighted by Gasteiger charge is 2.14. The van der Waals surface area contributed by atoms with Gasteiger partial charge in [0.2, 0.25) is 11.9 Å². The van der Waals surface area contributed by atoms with Crippen molar-refractivity contribution in [3.05, 3.63) is 93.9 Å². The lowest BCUT2D eigenvalue weighted by Crippen LogP contribution is -2.28. The third-order valence-electron chi connectivity index (χ3n) is 5.22. The minimum Gasteiger partial charge on any atom is -0.464 e. The first-order valence-corrected chi connectivity index (χ1v) is 11.8. The van der Waals surface area contributed by atoms with Crippen molar-refractivity contribution in [2.45, 2.75) is 19.9 Å². The summed E-state index contributed by atoms with van der Waals surface area (Å²) in [7, 11) is 1.28. The molecule has 11 nitrogen and oxygen atoms in total. The van der Waals surface area contributed by atoms with Gasteiger partial charge in [-0.25, -0.2) is 14.8 Å². The molecule has 4 aromatic rings. The quantitative estimate of drug-likeness (QED) is 0.299. The summed E-state index contributed by atoms with van der Waals surface area (Å²) in [5.41, 5.74) is 0.940. The second kappa shape index (κ2) is 12.0. The van der Waals surface area contributed by atoms with E-state index in [-0.39, 0.29) is 36.2 Å². The Labute approximate surface area is 222 Å². The van der Waals surface area contributed by atoms with Crippen LogP contribution in [0.1, 0.15) is 29.5 Å². The molecule has 12 heteroatoms. The van der Waals surface area contributed by atoms with E-state index < -0.39 is 11.5 Å². The van der Waals surface area contributed by atoms with Crippen molar-refractivity contribution in [2.24, 2.45) is 0 Å².